The van der Waals surface area contributed by atoms with E-state index in [4.69, 9.17) is 0 Å². The van der Waals surface area contributed by atoms with Gasteiger partial charge in [-0.15, -0.1) is 28.8 Å². The summed E-state index contributed by atoms with van der Waals surface area (Å²) in [5, 5.41) is 1.46. The maximum absolute atomic E-state index is 2.53. The molecular weight excluding hydrogens is 367 g/mol. The zero-order valence-electron chi connectivity index (χ0n) is 19.1. The first kappa shape index (κ1) is 21.4. The fourth-order valence-corrected chi connectivity index (χ4v) is 6.80. The van der Waals surface area contributed by atoms with E-state index in [0.717, 1.165) is 0 Å². The molecule has 0 N–H and O–H groups in total. The van der Waals surface area contributed by atoms with Crippen LogP contribution in [0, 0.1) is 61.6 Å². The van der Waals surface area contributed by atoms with Crippen molar-refractivity contribution in [1.29, 1.82) is 0 Å². The van der Waals surface area contributed by atoms with Gasteiger partial charge in [0.1, 0.15) is 18.6 Å². The van der Waals surface area contributed by atoms with Crippen LogP contribution >= 0.6 is 7.55 Å². The molecule has 0 aliphatic heterocycles. The van der Waals surface area contributed by atoms with Gasteiger partial charge in [-0.25, -0.2) is 0 Å². The van der Waals surface area contributed by atoms with Crippen molar-refractivity contribution in [2.45, 2.75) is 55.4 Å². The fraction of sp³-hybridized carbons (Fsp3) is 0.286. The molecule has 3 rings (SSSR count). The fourth-order valence-electron chi connectivity index (χ4n) is 4.24. The van der Waals surface area contributed by atoms with Gasteiger partial charge in [-0.3, -0.25) is 0 Å². The summed E-state index contributed by atoms with van der Waals surface area (Å²) in [6, 6.07) is 16.1. The highest BCUT2D eigenvalue weighted by Crippen LogP contribution is 2.36. The highest BCUT2D eigenvalue weighted by molar-refractivity contribution is 7.67. The predicted molar refractivity (Wildman–Crippen MR) is 132 cm³/mol. The summed E-state index contributed by atoms with van der Waals surface area (Å²) in [4.78, 5) is 0. The SMILES string of the molecule is Cc1cc(C)c(C=[P+]([CH-]c2c(C)cc(C)cc2C)c2cc(C)ccc2C)c(C)c1. The largest absolute Gasteiger partial charge is 0.147 e. The molecule has 0 aromatic heterocycles. The third kappa shape index (κ3) is 4.82. The number of rotatable bonds is 4. The second-order valence-corrected chi connectivity index (χ2v) is 10.4. The van der Waals surface area contributed by atoms with Crippen molar-refractivity contribution in [2.24, 2.45) is 0 Å². The van der Waals surface area contributed by atoms with Crippen molar-refractivity contribution in [3.05, 3.63) is 104 Å². The van der Waals surface area contributed by atoms with E-state index in [1.807, 2.05) is 0 Å². The Morgan fingerprint density at radius 3 is 1.66 bits per heavy atom. The number of hydrogen-bond donors (Lipinski definition) is 0. The molecule has 1 atom stereocenters. The molecule has 3 aromatic rings. The standard InChI is InChI=1S/C28H33P/c1-18-9-10-21(4)28(15-18)29(16-26-22(5)11-19(2)12-23(26)6)17-27-24(7)13-20(3)14-25(27)8/h9-17H,1-8H3. The molecule has 0 fully saturated rings. The minimum atomic E-state index is -0.579. The normalized spacial score (nSPS) is 11.7. The van der Waals surface area contributed by atoms with Crippen molar-refractivity contribution in [3.63, 3.8) is 0 Å². The van der Waals surface area contributed by atoms with Gasteiger partial charge in [0.2, 0.25) is 0 Å². The molecule has 0 saturated heterocycles. The number of hydrogen-bond acceptors (Lipinski definition) is 0. The second kappa shape index (κ2) is 8.60. The summed E-state index contributed by atoms with van der Waals surface area (Å²) in [6.07, 6.45) is 2.53. The van der Waals surface area contributed by atoms with Crippen LogP contribution < -0.4 is 5.30 Å². The summed E-state index contributed by atoms with van der Waals surface area (Å²) in [6.45, 7) is 17.8. The van der Waals surface area contributed by atoms with Gasteiger partial charge >= 0.3 is 0 Å². The second-order valence-electron chi connectivity index (χ2n) is 8.58. The van der Waals surface area contributed by atoms with E-state index in [1.165, 1.54) is 60.9 Å². The summed E-state index contributed by atoms with van der Waals surface area (Å²) in [5.41, 5.74) is 13.6. The lowest BCUT2D eigenvalue weighted by molar-refractivity contribution is 1.28. The average Bonchev–Trinajstić information content (AvgIpc) is 2.61. The molecule has 150 valence electrons. The van der Waals surface area contributed by atoms with E-state index in [9.17, 15) is 0 Å². The van der Waals surface area contributed by atoms with Crippen molar-refractivity contribution in [2.75, 3.05) is 0 Å². The van der Waals surface area contributed by atoms with Crippen LogP contribution in [0.15, 0.2) is 42.5 Å². The molecule has 0 amide bonds. The van der Waals surface area contributed by atoms with Crippen molar-refractivity contribution in [3.8, 4) is 0 Å². The molecule has 0 bridgehead atoms. The lowest BCUT2D eigenvalue weighted by atomic mass is 10.0. The van der Waals surface area contributed by atoms with Crippen LogP contribution in [0.3, 0.4) is 0 Å². The molecule has 29 heavy (non-hydrogen) atoms. The molecule has 0 aliphatic carbocycles. The van der Waals surface area contributed by atoms with Crippen molar-refractivity contribution in [1.82, 2.24) is 0 Å². The minimum Gasteiger partial charge on any atom is -0.147 e. The maximum Gasteiger partial charge on any atom is 0.144 e. The van der Waals surface area contributed by atoms with Crippen LogP contribution in [-0.2, 0) is 0 Å². The van der Waals surface area contributed by atoms with E-state index in [1.54, 1.807) is 0 Å². The minimum absolute atomic E-state index is 0.579. The highest BCUT2D eigenvalue weighted by atomic mass is 31.1. The van der Waals surface area contributed by atoms with Crippen LogP contribution in [0.1, 0.15) is 55.6 Å². The topological polar surface area (TPSA) is 0 Å². The van der Waals surface area contributed by atoms with Crippen molar-refractivity contribution >= 4 is 18.6 Å². The quantitative estimate of drug-likeness (QED) is 0.318. The molecule has 1 unspecified atom stereocenters. The van der Waals surface area contributed by atoms with Crippen LogP contribution in [0.25, 0.3) is 0 Å². The predicted octanol–water partition coefficient (Wildman–Crippen LogP) is 7.32. The van der Waals surface area contributed by atoms with E-state index in [2.05, 4.69) is 110 Å². The van der Waals surface area contributed by atoms with E-state index in [0.29, 0.717) is 0 Å². The third-order valence-electron chi connectivity index (χ3n) is 5.66. The molecule has 3 aromatic carbocycles. The van der Waals surface area contributed by atoms with Crippen molar-refractivity contribution < 1.29 is 0 Å². The monoisotopic (exact) mass is 400 g/mol. The molecule has 0 nitrogen and oxygen atoms in total. The van der Waals surface area contributed by atoms with Crippen LogP contribution in [0.5, 0.6) is 0 Å². The third-order valence-corrected chi connectivity index (χ3v) is 7.77. The maximum atomic E-state index is 2.53. The van der Waals surface area contributed by atoms with Gasteiger partial charge in [0.15, 0.2) is 0 Å². The van der Waals surface area contributed by atoms with Crippen LogP contribution in [-0.4, -0.2) is 5.80 Å². The Hall–Kier alpha value is -2.30. The van der Waals surface area contributed by atoms with Gasteiger partial charge in [0, 0.05) is 11.7 Å². The number of benzene rings is 3. The molecule has 0 spiro atoms. The zero-order chi connectivity index (χ0) is 21.3. The molecule has 0 radical (unpaired) electrons. The van der Waals surface area contributed by atoms with Gasteiger partial charge in [-0.05, 0) is 69.9 Å². The molecule has 1 heteroatoms. The average molecular weight is 401 g/mol. The lowest BCUT2D eigenvalue weighted by Gasteiger charge is -2.18. The van der Waals surface area contributed by atoms with Gasteiger partial charge < -0.3 is 0 Å². The van der Waals surface area contributed by atoms with Gasteiger partial charge in [-0.1, -0.05) is 49.2 Å². The highest BCUT2D eigenvalue weighted by Gasteiger charge is 2.18. The molecule has 0 heterocycles. The van der Waals surface area contributed by atoms with Gasteiger partial charge in [-0.2, -0.15) is 0 Å². The Kier molecular flexibility index (Phi) is 6.35. The first-order valence-corrected chi connectivity index (χ1v) is 11.8. The number of aryl methyl sites for hydroxylation is 8. The van der Waals surface area contributed by atoms with E-state index >= 15 is 0 Å². The van der Waals surface area contributed by atoms with Gasteiger partial charge in [0.25, 0.3) is 0 Å². The molecular formula is C28H33P. The Labute approximate surface area is 178 Å². The summed E-state index contributed by atoms with van der Waals surface area (Å²) in [5.74, 6) is 2.53. The Bertz CT molecular complexity index is 1050. The Morgan fingerprint density at radius 1 is 0.586 bits per heavy atom. The Morgan fingerprint density at radius 2 is 1.10 bits per heavy atom. The van der Waals surface area contributed by atoms with Crippen LogP contribution in [0.4, 0.5) is 0 Å². The summed E-state index contributed by atoms with van der Waals surface area (Å²) < 4.78 is 0. The first-order chi connectivity index (χ1) is 13.7. The molecule has 0 aliphatic rings. The summed E-state index contributed by atoms with van der Waals surface area (Å²) >= 11 is 0. The van der Waals surface area contributed by atoms with E-state index in [-0.39, 0.29) is 0 Å². The van der Waals surface area contributed by atoms with E-state index < -0.39 is 7.55 Å². The lowest BCUT2D eigenvalue weighted by Crippen LogP contribution is -2.07. The van der Waals surface area contributed by atoms with Crippen LogP contribution in [0.2, 0.25) is 0 Å². The smallest absolute Gasteiger partial charge is 0.144 e. The Balaban J connectivity index is 2.22. The van der Waals surface area contributed by atoms with Gasteiger partial charge in [0.05, 0.1) is 0 Å². The zero-order valence-corrected chi connectivity index (χ0v) is 20.0. The first-order valence-electron chi connectivity index (χ1n) is 10.4. The summed E-state index contributed by atoms with van der Waals surface area (Å²) in [7, 11) is -0.579. The molecule has 0 saturated carbocycles.